The number of hydrogen-bond donors (Lipinski definition) is 2. The summed E-state index contributed by atoms with van der Waals surface area (Å²) in [6.45, 7) is 3.73. The van der Waals surface area contributed by atoms with Crippen molar-refractivity contribution < 1.29 is 41.5 Å². The Morgan fingerprint density at radius 2 is 1.52 bits per heavy atom. The molecule has 15 heteroatoms. The Balaban J connectivity index is 0.756. The molecule has 1 aromatic heterocycles. The molecule has 6 heterocycles. The molecule has 1 saturated carbocycles. The molecule has 1 unspecified atom stereocenters. The van der Waals surface area contributed by atoms with Gasteiger partial charge in [-0.05, 0) is 129 Å². The van der Waals surface area contributed by atoms with Crippen molar-refractivity contribution in [3.8, 4) is 0 Å². The maximum absolute atomic E-state index is 16.2. The Bertz CT molecular complexity index is 2470. The number of nitrogens with zero attached hydrogens (tertiary/aromatic N) is 4. The van der Waals surface area contributed by atoms with E-state index in [0.29, 0.717) is 37.3 Å². The molecule has 2 saturated heterocycles. The highest BCUT2D eigenvalue weighted by atomic mass is 19.3. The fourth-order valence-corrected chi connectivity index (χ4v) is 11.5. The zero-order valence-corrected chi connectivity index (χ0v) is 34.5. The lowest BCUT2D eigenvalue weighted by Gasteiger charge is -2.46. The number of para-hydroxylation sites is 1. The maximum Gasteiger partial charge on any atom is 0.262 e. The molecule has 6 aliphatic rings. The van der Waals surface area contributed by atoms with Crippen LogP contribution in [0.15, 0.2) is 48.5 Å². The number of aromatic amines is 1. The minimum absolute atomic E-state index is 0.0449. The predicted molar refractivity (Wildman–Crippen MR) is 219 cm³/mol. The number of piperidine rings is 2. The summed E-state index contributed by atoms with van der Waals surface area (Å²) in [4.78, 5) is 74.5. The lowest BCUT2D eigenvalue weighted by Crippen LogP contribution is -2.54. The van der Waals surface area contributed by atoms with Crippen molar-refractivity contribution in [2.24, 2.45) is 11.3 Å². The number of likely N-dealkylation sites (tertiary alicyclic amines) is 1. The van der Waals surface area contributed by atoms with Crippen LogP contribution in [0.2, 0.25) is 0 Å². The number of alkyl halides is 2. The van der Waals surface area contributed by atoms with Gasteiger partial charge in [-0.2, -0.15) is 0 Å². The number of H-pyrrole nitrogens is 1. The van der Waals surface area contributed by atoms with Gasteiger partial charge in [0.2, 0.25) is 17.7 Å². The number of amides is 5. The molecule has 0 bridgehead atoms. The van der Waals surface area contributed by atoms with Gasteiger partial charge in [0.05, 0.1) is 23.7 Å². The molecule has 62 heavy (non-hydrogen) atoms. The number of carbonyl (C=O) groups is 5. The molecule has 5 aliphatic heterocycles. The van der Waals surface area contributed by atoms with Gasteiger partial charge in [0.15, 0.2) is 0 Å². The number of benzene rings is 3. The van der Waals surface area contributed by atoms with E-state index in [1.54, 1.807) is 17.0 Å². The van der Waals surface area contributed by atoms with Crippen molar-refractivity contribution in [3.63, 3.8) is 0 Å². The third kappa shape index (κ3) is 6.91. The van der Waals surface area contributed by atoms with Crippen LogP contribution in [0.25, 0.3) is 10.9 Å². The van der Waals surface area contributed by atoms with Crippen LogP contribution in [0.3, 0.4) is 0 Å². The largest absolute Gasteiger partial charge is 0.357 e. The van der Waals surface area contributed by atoms with Crippen molar-refractivity contribution >= 4 is 40.4 Å². The number of nitrogens with one attached hydrogen (secondary N) is 2. The molecule has 5 amide bonds. The predicted octanol–water partition coefficient (Wildman–Crippen LogP) is 6.76. The molecule has 11 nitrogen and oxygen atoms in total. The average molecular weight is 853 g/mol. The van der Waals surface area contributed by atoms with E-state index in [1.807, 2.05) is 31.2 Å². The molecular weight excluding hydrogens is 805 g/mol. The van der Waals surface area contributed by atoms with Gasteiger partial charge < -0.3 is 9.88 Å². The van der Waals surface area contributed by atoms with Crippen LogP contribution in [0.5, 0.6) is 0 Å². The zero-order chi connectivity index (χ0) is 43.2. The average Bonchev–Trinajstić information content (AvgIpc) is 3.90. The summed E-state index contributed by atoms with van der Waals surface area (Å²) in [5, 5.41) is 3.14. The van der Waals surface area contributed by atoms with Crippen LogP contribution in [0, 0.1) is 23.0 Å². The van der Waals surface area contributed by atoms with Gasteiger partial charge in [-0.1, -0.05) is 18.2 Å². The lowest BCUT2D eigenvalue weighted by atomic mass is 9.65. The quantitative estimate of drug-likeness (QED) is 0.156. The number of fused-ring (bicyclic) bond motifs is 5. The van der Waals surface area contributed by atoms with Crippen LogP contribution in [-0.4, -0.2) is 92.3 Å². The number of carbonyl (C=O) groups excluding carboxylic acids is 5. The minimum atomic E-state index is -2.68. The molecule has 4 aromatic rings. The van der Waals surface area contributed by atoms with Crippen LogP contribution in [0.1, 0.15) is 119 Å². The van der Waals surface area contributed by atoms with Crippen LogP contribution < -0.4 is 5.32 Å². The summed E-state index contributed by atoms with van der Waals surface area (Å²) >= 11 is 0. The first-order chi connectivity index (χ1) is 29.8. The summed E-state index contributed by atoms with van der Waals surface area (Å²) in [7, 11) is 0. The van der Waals surface area contributed by atoms with Gasteiger partial charge in [-0.3, -0.25) is 44.0 Å². The van der Waals surface area contributed by atoms with Crippen LogP contribution in [-0.2, 0) is 40.4 Å². The van der Waals surface area contributed by atoms with E-state index in [9.17, 15) is 32.8 Å². The van der Waals surface area contributed by atoms with Crippen molar-refractivity contribution in [1.82, 2.24) is 29.9 Å². The van der Waals surface area contributed by atoms with Gasteiger partial charge in [-0.15, -0.1) is 0 Å². The molecule has 0 radical (unpaired) electrons. The number of halogens is 4. The lowest BCUT2D eigenvalue weighted by molar-refractivity contribution is -0.138. The third-order valence-corrected chi connectivity index (χ3v) is 14.8. The van der Waals surface area contributed by atoms with Crippen LogP contribution in [0.4, 0.5) is 17.6 Å². The Hall–Kier alpha value is -5.41. The first kappa shape index (κ1) is 40.6. The first-order valence-electron chi connectivity index (χ1n) is 21.8. The topological polar surface area (TPSA) is 126 Å². The monoisotopic (exact) mass is 852 g/mol. The maximum atomic E-state index is 16.2. The summed E-state index contributed by atoms with van der Waals surface area (Å²) in [6, 6.07) is 11.2. The van der Waals surface area contributed by atoms with E-state index >= 15 is 8.78 Å². The Labute approximate surface area is 355 Å². The number of aromatic nitrogens is 1. The molecule has 3 atom stereocenters. The van der Waals surface area contributed by atoms with Gasteiger partial charge in [0, 0.05) is 60.2 Å². The molecule has 2 N–H and O–H groups in total. The molecule has 3 aromatic carbocycles. The van der Waals surface area contributed by atoms with E-state index in [2.05, 4.69) is 15.2 Å². The normalized spacial score (nSPS) is 24.3. The van der Waals surface area contributed by atoms with E-state index < -0.39 is 60.3 Å². The second-order valence-electron chi connectivity index (χ2n) is 18.4. The Kier molecular flexibility index (Phi) is 10.1. The molecule has 1 aliphatic carbocycles. The summed E-state index contributed by atoms with van der Waals surface area (Å²) < 4.78 is 60.3. The fourth-order valence-electron chi connectivity index (χ4n) is 11.5. The van der Waals surface area contributed by atoms with Crippen molar-refractivity contribution in [2.45, 2.75) is 109 Å². The summed E-state index contributed by atoms with van der Waals surface area (Å²) in [6.07, 6.45) is 3.04. The van der Waals surface area contributed by atoms with Crippen molar-refractivity contribution in [1.29, 1.82) is 0 Å². The van der Waals surface area contributed by atoms with Crippen LogP contribution >= 0.6 is 0 Å². The van der Waals surface area contributed by atoms with E-state index in [0.717, 1.165) is 84.1 Å². The molecule has 3 fully saturated rings. The first-order valence-corrected chi connectivity index (χ1v) is 21.8. The molecule has 1 spiro atoms. The van der Waals surface area contributed by atoms with Crippen molar-refractivity contribution in [2.75, 3.05) is 19.6 Å². The molecule has 10 rings (SSSR count). The van der Waals surface area contributed by atoms with Gasteiger partial charge in [-0.25, -0.2) is 17.6 Å². The SMILES string of the molecule is C[C@@H]1Cc2c([nH]c3ccccc23)[C@H](c2c(F)cc(CN3CCC4(CCC(C(=O)N5Cc6cc7c(cc6C5)C(=O)N(C5CCC(=O)NC5=O)C7=O)CC4)CC3)cc2F)N1CC(F)F. The highest BCUT2D eigenvalue weighted by Gasteiger charge is 2.47. The fraction of sp³-hybridized carbons (Fsp3) is 0.468. The smallest absolute Gasteiger partial charge is 0.262 e. The van der Waals surface area contributed by atoms with Gasteiger partial charge in [0.1, 0.15) is 17.7 Å². The van der Waals surface area contributed by atoms with Gasteiger partial charge >= 0.3 is 0 Å². The third-order valence-electron chi connectivity index (χ3n) is 14.8. The summed E-state index contributed by atoms with van der Waals surface area (Å²) in [5.74, 6) is -3.79. The van der Waals surface area contributed by atoms with E-state index in [-0.39, 0.29) is 52.8 Å². The Morgan fingerprint density at radius 1 is 0.871 bits per heavy atom. The van der Waals surface area contributed by atoms with E-state index in [4.69, 9.17) is 0 Å². The second kappa shape index (κ2) is 15.4. The second-order valence-corrected chi connectivity index (χ2v) is 18.4. The zero-order valence-electron chi connectivity index (χ0n) is 34.5. The highest BCUT2D eigenvalue weighted by Crippen LogP contribution is 2.48. The number of imide groups is 2. The standard InChI is InChI=1S/C47H48F4N6O5/c1-25-16-31-30-4-2-3-5-36(30)52-41(31)42(56(25)24-38(50)51)40-34(48)17-26(18-35(40)49)21-54-14-12-47(13-15-54)10-8-27(9-11-47)44(60)55-22-28-19-32-33(20-29(28)23-55)46(62)57(45(32)61)37-6-7-39(58)53-43(37)59/h2-5,17-20,25,27,37-38,42,52H,6-16,21-24H2,1H3,(H,53,58,59)/t25-,37?,42+/m1/s1. The van der Waals surface area contributed by atoms with Gasteiger partial charge in [0.25, 0.3) is 18.2 Å². The number of rotatable bonds is 7. The molecule has 324 valence electrons. The molecular formula is C47H48F4N6O5. The Morgan fingerprint density at radius 3 is 2.15 bits per heavy atom. The van der Waals surface area contributed by atoms with Crippen molar-refractivity contribution in [3.05, 3.63) is 105 Å². The van der Waals surface area contributed by atoms with E-state index in [1.165, 1.54) is 17.0 Å². The summed E-state index contributed by atoms with van der Waals surface area (Å²) in [5.41, 5.74) is 4.65. The highest BCUT2D eigenvalue weighted by molar-refractivity contribution is 6.23. The minimum Gasteiger partial charge on any atom is -0.357 e. The number of hydrogen-bond acceptors (Lipinski definition) is 7.